The molecule has 17 heavy (non-hydrogen) atoms. The fourth-order valence-corrected chi connectivity index (χ4v) is 2.05. The lowest BCUT2D eigenvalue weighted by Crippen LogP contribution is -2.32. The maximum absolute atomic E-state index is 5.66. The van der Waals surface area contributed by atoms with Gasteiger partial charge in [-0.3, -0.25) is 4.98 Å². The Morgan fingerprint density at radius 1 is 1.53 bits per heavy atom. The summed E-state index contributed by atoms with van der Waals surface area (Å²) >= 11 is 0. The van der Waals surface area contributed by atoms with E-state index in [-0.39, 0.29) is 0 Å². The summed E-state index contributed by atoms with van der Waals surface area (Å²) in [6.07, 6.45) is 6.19. The molecule has 0 radical (unpaired) electrons. The minimum atomic E-state index is 0.343. The van der Waals surface area contributed by atoms with Crippen molar-refractivity contribution in [3.8, 4) is 0 Å². The Morgan fingerprint density at radius 2 is 2.41 bits per heavy atom. The normalized spacial score (nSPS) is 19.3. The molecule has 1 aromatic rings. The Kier molecular flexibility index (Phi) is 4.14. The van der Waals surface area contributed by atoms with Crippen LogP contribution in [0.25, 0.3) is 0 Å². The van der Waals surface area contributed by atoms with Crippen LogP contribution in [0.1, 0.15) is 19.8 Å². The van der Waals surface area contributed by atoms with Gasteiger partial charge in [-0.2, -0.15) is 0 Å². The second-order valence-electron chi connectivity index (χ2n) is 4.19. The Morgan fingerprint density at radius 3 is 3.06 bits per heavy atom. The molecule has 5 heteroatoms. The van der Waals surface area contributed by atoms with Gasteiger partial charge in [-0.1, -0.05) is 0 Å². The highest BCUT2D eigenvalue weighted by Gasteiger charge is 2.19. The molecule has 1 aliphatic heterocycles. The van der Waals surface area contributed by atoms with E-state index < -0.39 is 0 Å². The Balaban J connectivity index is 2.04. The smallest absolute Gasteiger partial charge is 0.149 e. The van der Waals surface area contributed by atoms with E-state index in [2.05, 4.69) is 27.1 Å². The molecule has 2 rings (SSSR count). The van der Waals surface area contributed by atoms with Gasteiger partial charge in [-0.05, 0) is 19.8 Å². The van der Waals surface area contributed by atoms with Crippen molar-refractivity contribution in [1.29, 1.82) is 0 Å². The molecule has 1 N–H and O–H groups in total. The lowest BCUT2D eigenvalue weighted by atomic mass is 10.2. The number of nitrogens with zero attached hydrogens (tertiary/aromatic N) is 3. The number of ether oxygens (including phenoxy) is 1. The molecular weight excluding hydrogens is 216 g/mol. The molecule has 2 heterocycles. The number of likely N-dealkylation sites (N-methyl/N-ethyl adjacent to an activating group) is 1. The topological polar surface area (TPSA) is 50.3 Å². The zero-order chi connectivity index (χ0) is 12.1. The van der Waals surface area contributed by atoms with E-state index in [4.69, 9.17) is 4.74 Å². The zero-order valence-electron chi connectivity index (χ0n) is 10.5. The third kappa shape index (κ3) is 3.06. The Hall–Kier alpha value is -1.36. The van der Waals surface area contributed by atoms with E-state index in [0.717, 1.165) is 37.8 Å². The number of nitrogens with one attached hydrogen (secondary N) is 1. The van der Waals surface area contributed by atoms with E-state index in [0.29, 0.717) is 6.10 Å². The van der Waals surface area contributed by atoms with E-state index in [1.54, 1.807) is 12.4 Å². The maximum atomic E-state index is 5.66. The fourth-order valence-electron chi connectivity index (χ4n) is 2.05. The summed E-state index contributed by atoms with van der Waals surface area (Å²) in [6.45, 7) is 4.84. The first-order chi connectivity index (χ1) is 8.33. The molecule has 1 saturated heterocycles. The Labute approximate surface area is 102 Å². The molecule has 94 valence electrons. The molecule has 1 aliphatic rings. The molecule has 0 bridgehead atoms. The zero-order valence-corrected chi connectivity index (χ0v) is 10.5. The van der Waals surface area contributed by atoms with Gasteiger partial charge < -0.3 is 15.0 Å². The lowest BCUT2D eigenvalue weighted by Gasteiger charge is -2.24. The summed E-state index contributed by atoms with van der Waals surface area (Å²) in [6, 6.07) is 0. The fraction of sp³-hybridized carbons (Fsp3) is 0.667. The second kappa shape index (κ2) is 5.82. The van der Waals surface area contributed by atoms with Crippen LogP contribution in [-0.2, 0) is 4.74 Å². The molecule has 0 amide bonds. The van der Waals surface area contributed by atoms with Gasteiger partial charge in [0.2, 0.25) is 0 Å². The molecule has 1 atom stereocenters. The molecule has 0 aliphatic carbocycles. The number of hydrogen-bond acceptors (Lipinski definition) is 5. The first kappa shape index (κ1) is 12.1. The minimum Gasteiger partial charge on any atom is -0.376 e. The van der Waals surface area contributed by atoms with Gasteiger partial charge in [0.05, 0.1) is 18.5 Å². The SMILES string of the molecule is CCN(CC1CCCO1)c1cncc(NC)n1. The minimum absolute atomic E-state index is 0.343. The van der Waals surface area contributed by atoms with Gasteiger partial charge >= 0.3 is 0 Å². The predicted octanol–water partition coefficient (Wildman–Crippen LogP) is 1.52. The van der Waals surface area contributed by atoms with Gasteiger partial charge in [0, 0.05) is 26.7 Å². The first-order valence-corrected chi connectivity index (χ1v) is 6.20. The van der Waals surface area contributed by atoms with Crippen molar-refractivity contribution < 1.29 is 4.74 Å². The van der Waals surface area contributed by atoms with E-state index >= 15 is 0 Å². The van der Waals surface area contributed by atoms with E-state index in [1.807, 2.05) is 7.05 Å². The Bertz CT molecular complexity index is 352. The maximum Gasteiger partial charge on any atom is 0.149 e. The number of rotatable bonds is 5. The van der Waals surface area contributed by atoms with Crippen LogP contribution in [0.3, 0.4) is 0 Å². The van der Waals surface area contributed by atoms with Crippen LogP contribution >= 0.6 is 0 Å². The van der Waals surface area contributed by atoms with Crippen molar-refractivity contribution in [1.82, 2.24) is 9.97 Å². The average molecular weight is 236 g/mol. The van der Waals surface area contributed by atoms with Crippen molar-refractivity contribution in [2.24, 2.45) is 0 Å². The molecule has 5 nitrogen and oxygen atoms in total. The summed E-state index contributed by atoms with van der Waals surface area (Å²) in [4.78, 5) is 10.9. The summed E-state index contributed by atoms with van der Waals surface area (Å²) in [5, 5.41) is 3.01. The van der Waals surface area contributed by atoms with Crippen LogP contribution in [0, 0.1) is 0 Å². The van der Waals surface area contributed by atoms with Crippen LogP contribution in [0.2, 0.25) is 0 Å². The predicted molar refractivity (Wildman–Crippen MR) is 68.4 cm³/mol. The largest absolute Gasteiger partial charge is 0.376 e. The number of aromatic nitrogens is 2. The first-order valence-electron chi connectivity index (χ1n) is 6.20. The third-order valence-electron chi connectivity index (χ3n) is 3.03. The lowest BCUT2D eigenvalue weighted by molar-refractivity contribution is 0.115. The third-order valence-corrected chi connectivity index (χ3v) is 3.03. The number of hydrogen-bond donors (Lipinski definition) is 1. The van der Waals surface area contributed by atoms with Gasteiger partial charge in [0.15, 0.2) is 0 Å². The van der Waals surface area contributed by atoms with E-state index in [1.165, 1.54) is 6.42 Å². The van der Waals surface area contributed by atoms with Gasteiger partial charge in [-0.15, -0.1) is 0 Å². The highest BCUT2D eigenvalue weighted by molar-refractivity contribution is 5.43. The number of anilines is 2. The average Bonchev–Trinajstić information content (AvgIpc) is 2.89. The van der Waals surface area contributed by atoms with Crippen molar-refractivity contribution in [3.63, 3.8) is 0 Å². The molecule has 0 aromatic carbocycles. The summed E-state index contributed by atoms with van der Waals surface area (Å²) in [7, 11) is 1.85. The van der Waals surface area contributed by atoms with Gasteiger partial charge in [0.25, 0.3) is 0 Å². The van der Waals surface area contributed by atoms with Crippen molar-refractivity contribution in [3.05, 3.63) is 12.4 Å². The summed E-state index contributed by atoms with van der Waals surface area (Å²) in [5.74, 6) is 1.71. The van der Waals surface area contributed by atoms with Crippen molar-refractivity contribution in [2.45, 2.75) is 25.9 Å². The highest BCUT2D eigenvalue weighted by Crippen LogP contribution is 2.17. The van der Waals surface area contributed by atoms with Gasteiger partial charge in [0.1, 0.15) is 11.6 Å². The van der Waals surface area contributed by atoms with E-state index in [9.17, 15) is 0 Å². The summed E-state index contributed by atoms with van der Waals surface area (Å²) < 4.78 is 5.66. The highest BCUT2D eigenvalue weighted by atomic mass is 16.5. The monoisotopic (exact) mass is 236 g/mol. The van der Waals surface area contributed by atoms with Crippen molar-refractivity contribution in [2.75, 3.05) is 37.0 Å². The second-order valence-corrected chi connectivity index (χ2v) is 4.19. The summed E-state index contributed by atoms with van der Waals surface area (Å²) in [5.41, 5.74) is 0. The van der Waals surface area contributed by atoms with Crippen LogP contribution in [0.5, 0.6) is 0 Å². The molecular formula is C12H20N4O. The molecule has 1 unspecified atom stereocenters. The van der Waals surface area contributed by atoms with Crippen LogP contribution in [0.4, 0.5) is 11.6 Å². The van der Waals surface area contributed by atoms with Crippen LogP contribution < -0.4 is 10.2 Å². The molecule has 0 saturated carbocycles. The molecule has 1 aromatic heterocycles. The van der Waals surface area contributed by atoms with Crippen LogP contribution in [-0.4, -0.2) is 42.8 Å². The molecule has 0 spiro atoms. The van der Waals surface area contributed by atoms with Crippen LogP contribution in [0.15, 0.2) is 12.4 Å². The van der Waals surface area contributed by atoms with Crippen molar-refractivity contribution >= 4 is 11.6 Å². The standard InChI is InChI=1S/C12H20N4O/c1-3-16(9-10-5-4-6-17-10)12-8-14-7-11(13-2)15-12/h7-8,10H,3-6,9H2,1-2H3,(H,13,15). The van der Waals surface area contributed by atoms with Gasteiger partial charge in [-0.25, -0.2) is 4.98 Å². The quantitative estimate of drug-likeness (QED) is 0.840. The molecule has 1 fully saturated rings.